The van der Waals surface area contributed by atoms with Gasteiger partial charge in [0.2, 0.25) is 5.91 Å². The minimum absolute atomic E-state index is 0.150. The lowest BCUT2D eigenvalue weighted by Crippen LogP contribution is -2.70. The van der Waals surface area contributed by atoms with E-state index in [1.807, 2.05) is 6.07 Å². The maximum Gasteiger partial charge on any atom is 0.416 e. The second kappa shape index (κ2) is 9.82. The van der Waals surface area contributed by atoms with Crippen LogP contribution >= 0.6 is 0 Å². The first kappa shape index (κ1) is 27.2. The van der Waals surface area contributed by atoms with E-state index in [0.29, 0.717) is 22.8 Å². The minimum atomic E-state index is -4.36. The van der Waals surface area contributed by atoms with Crippen molar-refractivity contribution in [1.82, 2.24) is 10.2 Å². The zero-order chi connectivity index (χ0) is 28.3. The maximum atomic E-state index is 12.3. The predicted molar refractivity (Wildman–Crippen MR) is 147 cm³/mol. The molecule has 2 N–H and O–H groups in total. The molecule has 5 nitrogen and oxygen atoms in total. The summed E-state index contributed by atoms with van der Waals surface area (Å²) in [4.78, 5) is 13.7. The van der Waals surface area contributed by atoms with E-state index < -0.39 is 11.7 Å². The molecule has 1 spiro atoms. The summed E-state index contributed by atoms with van der Waals surface area (Å²) in [6.07, 6.45) is 7.37. The van der Waals surface area contributed by atoms with Crippen molar-refractivity contribution < 1.29 is 27.8 Å². The molecule has 0 unspecified atom stereocenters. The standard InChI is InChI=1S/C21H27NO2.C11H10F3NO/c1-20-8-2-3-17-21(20)9-10-22(12-13-4-5-13)16(20)11-14-6-7-15(23)19(24-17)18(14)21;1-15-10(16)6-5-8-3-2-4-9(7-8)11(12,13)14/h6-7,13,16-17,23H,2-5,8-12H2,1H3;2-7H,1H3,(H,15,16)/b;6-5+/t16-,17+,20+,21-;/m1./s1. The molecule has 4 atom stereocenters. The summed E-state index contributed by atoms with van der Waals surface area (Å²) in [5.41, 5.74) is 2.91. The van der Waals surface area contributed by atoms with Gasteiger partial charge < -0.3 is 15.2 Å². The van der Waals surface area contributed by atoms with Gasteiger partial charge in [0.25, 0.3) is 0 Å². The number of rotatable bonds is 4. The number of carbonyl (C=O) groups excluding carboxylic acids is 1. The van der Waals surface area contributed by atoms with Crippen LogP contribution in [0.5, 0.6) is 11.5 Å². The molecule has 3 fully saturated rings. The molecule has 40 heavy (non-hydrogen) atoms. The van der Waals surface area contributed by atoms with Gasteiger partial charge in [0, 0.05) is 36.7 Å². The molecule has 2 bridgehead atoms. The molecule has 7 rings (SSSR count). The summed E-state index contributed by atoms with van der Waals surface area (Å²) in [5, 5.41) is 12.8. The Morgan fingerprint density at radius 1 is 1.20 bits per heavy atom. The quantitative estimate of drug-likeness (QED) is 0.450. The predicted octanol–water partition coefficient (Wildman–Crippen LogP) is 6.09. The van der Waals surface area contributed by atoms with Crippen LogP contribution in [0.25, 0.3) is 6.08 Å². The first-order valence-electron chi connectivity index (χ1n) is 14.4. The Morgan fingerprint density at radius 2 is 2.00 bits per heavy atom. The SMILES string of the molecule is CNC(=O)/C=C/c1cccc(C(F)(F)F)c1.C[C@@]12CCC[C@@H]3Oc4c(O)ccc5c4[C@@]31CCN(CC1CC1)[C@@H]2C5. The highest BCUT2D eigenvalue weighted by Crippen LogP contribution is 2.69. The third-order valence-electron chi connectivity index (χ3n) is 10.1. The fourth-order valence-electron chi connectivity index (χ4n) is 8.03. The van der Waals surface area contributed by atoms with Crippen LogP contribution in [0.3, 0.4) is 0 Å². The van der Waals surface area contributed by atoms with Gasteiger partial charge >= 0.3 is 6.18 Å². The molecule has 2 aromatic carbocycles. The molecule has 5 aliphatic rings. The Labute approximate surface area is 233 Å². The molecule has 8 heteroatoms. The lowest BCUT2D eigenvalue weighted by molar-refractivity contribution is -0.137. The molecule has 0 radical (unpaired) electrons. The lowest BCUT2D eigenvalue weighted by atomic mass is 9.44. The third kappa shape index (κ3) is 4.39. The van der Waals surface area contributed by atoms with Gasteiger partial charge in [0.15, 0.2) is 11.5 Å². The number of amides is 1. The third-order valence-corrected chi connectivity index (χ3v) is 10.1. The smallest absolute Gasteiger partial charge is 0.416 e. The molecule has 214 valence electrons. The van der Waals surface area contributed by atoms with Crippen LogP contribution < -0.4 is 10.1 Å². The average Bonchev–Trinajstić information content (AvgIpc) is 3.67. The van der Waals surface area contributed by atoms with Gasteiger partial charge in [-0.2, -0.15) is 13.2 Å². The van der Waals surface area contributed by atoms with Crippen molar-refractivity contribution >= 4 is 12.0 Å². The summed E-state index contributed by atoms with van der Waals surface area (Å²) in [6, 6.07) is 9.47. The summed E-state index contributed by atoms with van der Waals surface area (Å²) in [7, 11) is 1.44. The lowest BCUT2D eigenvalue weighted by Gasteiger charge is -2.64. The molecule has 1 amide bonds. The second-order valence-corrected chi connectivity index (χ2v) is 12.3. The molecule has 2 heterocycles. The highest BCUT2D eigenvalue weighted by Gasteiger charge is 2.69. The number of carbonyl (C=O) groups is 1. The number of aromatic hydroxyl groups is 1. The number of nitrogens with one attached hydrogen (secondary N) is 1. The number of phenols is 1. The first-order chi connectivity index (χ1) is 19.1. The van der Waals surface area contributed by atoms with Crippen molar-refractivity contribution in [1.29, 1.82) is 0 Å². The van der Waals surface area contributed by atoms with Crippen molar-refractivity contribution in [2.75, 3.05) is 20.1 Å². The Hall–Kier alpha value is -3.00. The minimum Gasteiger partial charge on any atom is -0.504 e. The van der Waals surface area contributed by atoms with E-state index in [1.54, 1.807) is 0 Å². The van der Waals surface area contributed by atoms with Gasteiger partial charge in [-0.3, -0.25) is 9.69 Å². The number of hydrogen-bond donors (Lipinski definition) is 2. The molecule has 0 aromatic heterocycles. The van der Waals surface area contributed by atoms with E-state index in [-0.39, 0.29) is 17.4 Å². The number of benzene rings is 2. The Kier molecular flexibility index (Phi) is 6.68. The Balaban J connectivity index is 0.000000159. The van der Waals surface area contributed by atoms with Crippen molar-refractivity contribution in [3.63, 3.8) is 0 Å². The van der Waals surface area contributed by atoms with Gasteiger partial charge in [0.05, 0.1) is 5.56 Å². The van der Waals surface area contributed by atoms with Crippen LogP contribution in [0.1, 0.15) is 67.7 Å². The number of halogens is 3. The number of piperidine rings is 1. The number of phenolic OH excluding ortho intramolecular Hbond substituents is 1. The van der Waals surface area contributed by atoms with Crippen molar-refractivity contribution in [3.05, 3.63) is 64.7 Å². The van der Waals surface area contributed by atoms with E-state index in [0.717, 1.165) is 36.6 Å². The van der Waals surface area contributed by atoms with Crippen LogP contribution in [-0.2, 0) is 22.8 Å². The van der Waals surface area contributed by atoms with Gasteiger partial charge in [-0.25, -0.2) is 0 Å². The number of nitrogens with zero attached hydrogens (tertiary/aromatic N) is 1. The van der Waals surface area contributed by atoms with E-state index in [9.17, 15) is 23.1 Å². The Morgan fingerprint density at radius 3 is 2.73 bits per heavy atom. The molecule has 3 aliphatic carbocycles. The van der Waals surface area contributed by atoms with Crippen LogP contribution in [0.4, 0.5) is 13.2 Å². The number of likely N-dealkylation sites (N-methyl/N-ethyl adjacent to an activating group) is 1. The largest absolute Gasteiger partial charge is 0.504 e. The van der Waals surface area contributed by atoms with E-state index >= 15 is 0 Å². The van der Waals surface area contributed by atoms with Crippen LogP contribution in [-0.4, -0.2) is 48.2 Å². The van der Waals surface area contributed by atoms with Gasteiger partial charge in [-0.15, -0.1) is 0 Å². The maximum absolute atomic E-state index is 12.3. The topological polar surface area (TPSA) is 61.8 Å². The Bertz CT molecular complexity index is 1340. The summed E-state index contributed by atoms with van der Waals surface area (Å²) < 4.78 is 43.4. The zero-order valence-electron chi connectivity index (χ0n) is 23.1. The molecule has 2 aliphatic heterocycles. The van der Waals surface area contributed by atoms with E-state index in [4.69, 9.17) is 4.74 Å². The fraction of sp³-hybridized carbons (Fsp3) is 0.531. The summed E-state index contributed by atoms with van der Waals surface area (Å²) in [5.74, 6) is 1.79. The number of likely N-dealkylation sites (tertiary alicyclic amines) is 1. The molecule has 2 saturated carbocycles. The number of alkyl halides is 3. The van der Waals surface area contributed by atoms with Gasteiger partial charge in [-0.05, 0) is 98.2 Å². The average molecular weight is 555 g/mol. The highest BCUT2D eigenvalue weighted by atomic mass is 19.4. The summed E-state index contributed by atoms with van der Waals surface area (Å²) >= 11 is 0. The van der Waals surface area contributed by atoms with Crippen LogP contribution in [0.15, 0.2) is 42.5 Å². The van der Waals surface area contributed by atoms with Gasteiger partial charge in [-0.1, -0.05) is 25.1 Å². The number of ether oxygens (including phenoxy) is 1. The van der Waals surface area contributed by atoms with Crippen LogP contribution in [0, 0.1) is 11.3 Å². The normalized spacial score (nSPS) is 30.2. The zero-order valence-corrected chi connectivity index (χ0v) is 23.1. The summed E-state index contributed by atoms with van der Waals surface area (Å²) in [6.45, 7) is 5.07. The van der Waals surface area contributed by atoms with Crippen molar-refractivity contribution in [2.45, 2.75) is 75.6 Å². The van der Waals surface area contributed by atoms with E-state index in [1.165, 1.54) is 87.7 Å². The van der Waals surface area contributed by atoms with E-state index in [2.05, 4.69) is 23.2 Å². The molecular weight excluding hydrogens is 517 g/mol. The van der Waals surface area contributed by atoms with Gasteiger partial charge in [0.1, 0.15) is 6.10 Å². The highest BCUT2D eigenvalue weighted by molar-refractivity contribution is 5.91. The molecule has 2 aromatic rings. The monoisotopic (exact) mass is 554 g/mol. The molecule has 1 saturated heterocycles. The fourth-order valence-corrected chi connectivity index (χ4v) is 8.03. The van der Waals surface area contributed by atoms with Crippen molar-refractivity contribution in [2.24, 2.45) is 11.3 Å². The number of hydrogen-bond acceptors (Lipinski definition) is 4. The first-order valence-corrected chi connectivity index (χ1v) is 14.4. The van der Waals surface area contributed by atoms with Crippen LogP contribution in [0.2, 0.25) is 0 Å². The molecular formula is C32H37F3N2O3. The van der Waals surface area contributed by atoms with Crippen molar-refractivity contribution in [3.8, 4) is 11.5 Å². The second-order valence-electron chi connectivity index (χ2n) is 12.3.